The van der Waals surface area contributed by atoms with Crippen molar-refractivity contribution in [3.63, 3.8) is 0 Å². The number of ether oxygens (including phenoxy) is 1. The van der Waals surface area contributed by atoms with E-state index < -0.39 is 29.4 Å². The number of benzene rings is 3. The summed E-state index contributed by atoms with van der Waals surface area (Å²) in [5.74, 6) is -3.56. The number of carbonyl (C=O) groups excluding carboxylic acids is 1. The Labute approximate surface area is 178 Å². The first-order valence-corrected chi connectivity index (χ1v) is 9.56. The largest absolute Gasteiger partial charge is 0.483 e. The van der Waals surface area contributed by atoms with E-state index in [1.165, 1.54) is 18.2 Å². The van der Waals surface area contributed by atoms with Gasteiger partial charge in [-0.05, 0) is 49.7 Å². The molecule has 0 spiro atoms. The minimum atomic E-state index is -1.03. The van der Waals surface area contributed by atoms with Crippen molar-refractivity contribution in [2.75, 3.05) is 0 Å². The number of hydrogen-bond acceptors (Lipinski definition) is 3. The zero-order chi connectivity index (χ0) is 22.5. The molecular formula is C24H21F2NO4. The standard InChI is InChI=1S/C24H21F2NO4/c1-14-6-7-18(13-31-22-20(25)4-3-5-21(22)26)19(12-14)23(28)27-15(2)16-8-10-17(11-9-16)24(29)30/h3-12,15H,13H2,1-2H3,(H,27,28)(H,29,30). The number of carbonyl (C=O) groups is 2. The Hall–Kier alpha value is -3.74. The van der Waals surface area contributed by atoms with Gasteiger partial charge in [0, 0.05) is 11.1 Å². The SMILES string of the molecule is Cc1ccc(COc2c(F)cccc2F)c(C(=O)NC(C)c2ccc(C(=O)O)cc2)c1. The summed E-state index contributed by atoms with van der Waals surface area (Å²) < 4.78 is 33.0. The molecule has 0 saturated carbocycles. The molecule has 31 heavy (non-hydrogen) atoms. The van der Waals surface area contributed by atoms with Gasteiger partial charge in [0.1, 0.15) is 6.61 Å². The molecule has 5 nitrogen and oxygen atoms in total. The molecule has 2 N–H and O–H groups in total. The minimum Gasteiger partial charge on any atom is -0.483 e. The van der Waals surface area contributed by atoms with Crippen LogP contribution in [0.4, 0.5) is 8.78 Å². The molecule has 7 heteroatoms. The molecule has 0 aliphatic rings. The number of nitrogens with one attached hydrogen (secondary N) is 1. The number of carboxylic acid groups (broad SMARTS) is 1. The lowest BCUT2D eigenvalue weighted by Crippen LogP contribution is -2.28. The van der Waals surface area contributed by atoms with Crippen LogP contribution >= 0.6 is 0 Å². The van der Waals surface area contributed by atoms with Crippen molar-refractivity contribution < 1.29 is 28.2 Å². The third kappa shape index (κ3) is 5.25. The molecule has 3 aromatic carbocycles. The first kappa shape index (κ1) is 22.0. The first-order chi connectivity index (χ1) is 14.8. The van der Waals surface area contributed by atoms with Crippen LogP contribution in [0.2, 0.25) is 0 Å². The topological polar surface area (TPSA) is 75.6 Å². The van der Waals surface area contributed by atoms with Crippen LogP contribution in [0.15, 0.2) is 60.7 Å². The molecule has 0 radical (unpaired) electrons. The second-order valence-corrected chi connectivity index (χ2v) is 7.12. The normalized spacial score (nSPS) is 11.6. The number of amides is 1. The van der Waals surface area contributed by atoms with Gasteiger partial charge >= 0.3 is 5.97 Å². The van der Waals surface area contributed by atoms with Gasteiger partial charge in [0.2, 0.25) is 0 Å². The predicted octanol–water partition coefficient (Wildman–Crippen LogP) is 5.04. The van der Waals surface area contributed by atoms with Gasteiger partial charge in [-0.3, -0.25) is 4.79 Å². The van der Waals surface area contributed by atoms with Crippen LogP contribution in [-0.4, -0.2) is 17.0 Å². The maximum Gasteiger partial charge on any atom is 0.335 e. The maximum absolute atomic E-state index is 13.8. The molecule has 1 unspecified atom stereocenters. The number of carboxylic acids is 1. The average molecular weight is 425 g/mol. The highest BCUT2D eigenvalue weighted by Crippen LogP contribution is 2.23. The molecule has 160 valence electrons. The molecule has 0 aliphatic heterocycles. The average Bonchev–Trinajstić information content (AvgIpc) is 2.74. The number of para-hydroxylation sites is 1. The lowest BCUT2D eigenvalue weighted by atomic mass is 10.0. The molecule has 0 fully saturated rings. The summed E-state index contributed by atoms with van der Waals surface area (Å²) in [7, 11) is 0. The van der Waals surface area contributed by atoms with Gasteiger partial charge in [-0.15, -0.1) is 0 Å². The molecule has 0 aliphatic carbocycles. The molecule has 1 amide bonds. The quantitative estimate of drug-likeness (QED) is 0.556. The second-order valence-electron chi connectivity index (χ2n) is 7.12. The predicted molar refractivity (Wildman–Crippen MR) is 111 cm³/mol. The fourth-order valence-electron chi connectivity index (χ4n) is 3.07. The van der Waals surface area contributed by atoms with Crippen molar-refractivity contribution in [2.24, 2.45) is 0 Å². The summed E-state index contributed by atoms with van der Waals surface area (Å²) in [4.78, 5) is 23.9. The molecule has 1 atom stereocenters. The smallest absolute Gasteiger partial charge is 0.335 e. The summed E-state index contributed by atoms with van der Waals surface area (Å²) >= 11 is 0. The van der Waals surface area contributed by atoms with Crippen molar-refractivity contribution in [3.8, 4) is 5.75 Å². The Morgan fingerprint density at radius 3 is 2.29 bits per heavy atom. The van der Waals surface area contributed by atoms with Gasteiger partial charge in [0.05, 0.1) is 11.6 Å². The monoisotopic (exact) mass is 425 g/mol. The fraction of sp³-hybridized carbons (Fsp3) is 0.167. The number of hydrogen-bond donors (Lipinski definition) is 2. The number of rotatable bonds is 7. The van der Waals surface area contributed by atoms with E-state index in [2.05, 4.69) is 5.32 Å². The molecule has 0 saturated heterocycles. The van der Waals surface area contributed by atoms with Crippen LogP contribution < -0.4 is 10.1 Å². The summed E-state index contributed by atoms with van der Waals surface area (Å²) in [6, 6.07) is 14.4. The van der Waals surface area contributed by atoms with Crippen LogP contribution in [0.1, 0.15) is 50.4 Å². The minimum absolute atomic E-state index is 0.153. The van der Waals surface area contributed by atoms with E-state index in [0.29, 0.717) is 11.1 Å². The van der Waals surface area contributed by atoms with E-state index in [9.17, 15) is 18.4 Å². The zero-order valence-corrected chi connectivity index (χ0v) is 17.0. The van der Waals surface area contributed by atoms with Crippen molar-refractivity contribution >= 4 is 11.9 Å². The Balaban J connectivity index is 1.77. The van der Waals surface area contributed by atoms with Crippen LogP contribution in [0, 0.1) is 18.6 Å². The molecule has 0 aromatic heterocycles. The number of aryl methyl sites for hydroxylation is 1. The van der Waals surface area contributed by atoms with E-state index in [1.807, 2.05) is 6.92 Å². The Morgan fingerprint density at radius 2 is 1.68 bits per heavy atom. The van der Waals surface area contributed by atoms with Crippen molar-refractivity contribution in [3.05, 3.63) is 100 Å². The lowest BCUT2D eigenvalue weighted by molar-refractivity contribution is 0.0696. The summed E-state index contributed by atoms with van der Waals surface area (Å²) in [6.45, 7) is 3.41. The third-order valence-corrected chi connectivity index (χ3v) is 4.81. The second kappa shape index (κ2) is 9.38. The first-order valence-electron chi connectivity index (χ1n) is 9.56. The summed E-state index contributed by atoms with van der Waals surface area (Å²) in [5.41, 5.74) is 2.52. The van der Waals surface area contributed by atoms with E-state index in [1.54, 1.807) is 37.3 Å². The van der Waals surface area contributed by atoms with Gasteiger partial charge in [0.25, 0.3) is 5.91 Å². The molecule has 3 rings (SSSR count). The van der Waals surface area contributed by atoms with Crippen LogP contribution in [-0.2, 0) is 6.61 Å². The van der Waals surface area contributed by atoms with E-state index in [0.717, 1.165) is 23.3 Å². The van der Waals surface area contributed by atoms with Gasteiger partial charge in [-0.1, -0.05) is 35.9 Å². The summed E-state index contributed by atoms with van der Waals surface area (Å²) in [5, 5.41) is 11.9. The zero-order valence-electron chi connectivity index (χ0n) is 17.0. The van der Waals surface area contributed by atoms with E-state index >= 15 is 0 Å². The molecular weight excluding hydrogens is 404 g/mol. The van der Waals surface area contributed by atoms with Crippen LogP contribution in [0.5, 0.6) is 5.75 Å². The highest BCUT2D eigenvalue weighted by molar-refractivity contribution is 5.96. The molecule has 3 aromatic rings. The number of aromatic carboxylic acids is 1. The third-order valence-electron chi connectivity index (χ3n) is 4.81. The van der Waals surface area contributed by atoms with Crippen molar-refractivity contribution in [1.29, 1.82) is 0 Å². The van der Waals surface area contributed by atoms with Crippen molar-refractivity contribution in [1.82, 2.24) is 5.32 Å². The highest BCUT2D eigenvalue weighted by atomic mass is 19.1. The lowest BCUT2D eigenvalue weighted by Gasteiger charge is -2.17. The van der Waals surface area contributed by atoms with Gasteiger partial charge in [-0.2, -0.15) is 0 Å². The molecule has 0 bridgehead atoms. The van der Waals surface area contributed by atoms with Gasteiger partial charge < -0.3 is 15.2 Å². The number of halogens is 2. The fourth-order valence-corrected chi connectivity index (χ4v) is 3.07. The van der Waals surface area contributed by atoms with E-state index in [4.69, 9.17) is 9.84 Å². The highest BCUT2D eigenvalue weighted by Gasteiger charge is 2.17. The van der Waals surface area contributed by atoms with E-state index in [-0.39, 0.29) is 18.1 Å². The Bertz CT molecular complexity index is 1090. The van der Waals surface area contributed by atoms with Crippen LogP contribution in [0.25, 0.3) is 0 Å². The maximum atomic E-state index is 13.8. The Kier molecular flexibility index (Phi) is 6.65. The van der Waals surface area contributed by atoms with Gasteiger partial charge in [0.15, 0.2) is 17.4 Å². The van der Waals surface area contributed by atoms with Gasteiger partial charge in [-0.25, -0.2) is 13.6 Å². The summed E-state index contributed by atoms with van der Waals surface area (Å²) in [6.07, 6.45) is 0. The molecule has 0 heterocycles. The van der Waals surface area contributed by atoms with Crippen LogP contribution in [0.3, 0.4) is 0 Å². The van der Waals surface area contributed by atoms with Crippen molar-refractivity contribution in [2.45, 2.75) is 26.5 Å². The Morgan fingerprint density at radius 1 is 1.03 bits per heavy atom.